The molecule has 2 aliphatic heterocycles. The summed E-state index contributed by atoms with van der Waals surface area (Å²) in [5.74, 6) is -2.07. The number of carbonyl (C=O) groups is 4. The largest absolute Gasteiger partial charge is 0.454 e. The lowest BCUT2D eigenvalue weighted by Crippen LogP contribution is -2.46. The fourth-order valence-corrected chi connectivity index (χ4v) is 3.78. The third kappa shape index (κ3) is 4.55. The first-order valence-corrected chi connectivity index (χ1v) is 10.1. The molecule has 0 N–H and O–H groups in total. The van der Waals surface area contributed by atoms with Crippen molar-refractivity contribution in [3.05, 3.63) is 77.4 Å². The number of hydrogen-bond donors (Lipinski definition) is 0. The van der Waals surface area contributed by atoms with E-state index >= 15 is 0 Å². The number of nitrogens with zero attached hydrogens (tertiary/aromatic N) is 2. The third-order valence-electron chi connectivity index (χ3n) is 5.49. The monoisotopic (exact) mass is 418 g/mol. The smallest absolute Gasteiger partial charge is 0.326 e. The van der Waals surface area contributed by atoms with Crippen LogP contribution in [0.4, 0.5) is 0 Å². The number of carbonyl (C=O) groups excluding carboxylic acids is 4. The number of hydrogen-bond acceptors (Lipinski definition) is 5. The van der Waals surface area contributed by atoms with Gasteiger partial charge in [-0.3, -0.25) is 24.1 Å². The number of imide groups is 1. The lowest BCUT2D eigenvalue weighted by molar-refractivity contribution is -0.153. The minimum Gasteiger partial charge on any atom is -0.454 e. The van der Waals surface area contributed by atoms with Gasteiger partial charge < -0.3 is 9.64 Å². The molecule has 0 radical (unpaired) electrons. The van der Waals surface area contributed by atoms with Crippen LogP contribution in [0, 0.1) is 0 Å². The molecule has 0 bridgehead atoms. The molecule has 0 fully saturated rings. The zero-order valence-electron chi connectivity index (χ0n) is 17.0. The van der Waals surface area contributed by atoms with Crippen LogP contribution in [0.3, 0.4) is 0 Å². The second kappa shape index (κ2) is 8.95. The highest BCUT2D eigenvalue weighted by Gasteiger charge is 2.32. The molecule has 0 atom stereocenters. The van der Waals surface area contributed by atoms with Crippen molar-refractivity contribution >= 4 is 29.3 Å². The summed E-state index contributed by atoms with van der Waals surface area (Å²) in [5.41, 5.74) is 3.37. The van der Waals surface area contributed by atoms with Gasteiger partial charge in [0.1, 0.15) is 6.54 Å². The van der Waals surface area contributed by atoms with E-state index in [9.17, 15) is 19.2 Å². The van der Waals surface area contributed by atoms with Gasteiger partial charge in [-0.2, -0.15) is 0 Å². The molecular formula is C24H22N2O5. The van der Waals surface area contributed by atoms with Gasteiger partial charge in [0.2, 0.25) is 5.91 Å². The Morgan fingerprint density at radius 2 is 1.71 bits per heavy atom. The molecule has 0 aromatic heterocycles. The van der Waals surface area contributed by atoms with Crippen LogP contribution in [0.25, 0.3) is 5.57 Å². The number of ether oxygens (including phenoxy) is 1. The first kappa shape index (κ1) is 20.5. The molecule has 7 heteroatoms. The predicted octanol–water partition coefficient (Wildman–Crippen LogP) is 2.07. The molecule has 2 aromatic rings. The van der Waals surface area contributed by atoms with E-state index in [1.165, 1.54) is 5.57 Å². The van der Waals surface area contributed by atoms with Gasteiger partial charge >= 0.3 is 5.97 Å². The molecule has 0 saturated heterocycles. The SMILES string of the molecule is O=C(CN1C(=O)Cc2ccccc2C1=O)OCC(=O)N1CC=C(c2ccccc2)CC1. The van der Waals surface area contributed by atoms with E-state index in [0.717, 1.165) is 16.9 Å². The number of amides is 3. The van der Waals surface area contributed by atoms with Crippen molar-refractivity contribution in [2.24, 2.45) is 0 Å². The van der Waals surface area contributed by atoms with Crippen LogP contribution in [0.15, 0.2) is 60.7 Å². The van der Waals surface area contributed by atoms with E-state index in [1.54, 1.807) is 29.2 Å². The van der Waals surface area contributed by atoms with Crippen molar-refractivity contribution in [3.63, 3.8) is 0 Å². The molecule has 2 aliphatic rings. The van der Waals surface area contributed by atoms with Crippen LogP contribution in [0.1, 0.15) is 27.9 Å². The maximum Gasteiger partial charge on any atom is 0.326 e. The number of rotatable bonds is 5. The molecule has 7 nitrogen and oxygen atoms in total. The maximum absolute atomic E-state index is 12.5. The predicted molar refractivity (Wildman–Crippen MR) is 113 cm³/mol. The Morgan fingerprint density at radius 1 is 0.968 bits per heavy atom. The van der Waals surface area contributed by atoms with E-state index in [1.807, 2.05) is 36.4 Å². The van der Waals surface area contributed by atoms with Crippen molar-refractivity contribution in [1.29, 1.82) is 0 Å². The summed E-state index contributed by atoms with van der Waals surface area (Å²) in [5, 5.41) is 0. The highest BCUT2D eigenvalue weighted by molar-refractivity contribution is 6.11. The molecule has 31 heavy (non-hydrogen) atoms. The average molecular weight is 418 g/mol. The lowest BCUT2D eigenvalue weighted by atomic mass is 9.98. The van der Waals surface area contributed by atoms with Crippen molar-refractivity contribution in [2.45, 2.75) is 12.8 Å². The molecule has 2 heterocycles. The Bertz CT molecular complexity index is 1060. The molecule has 3 amide bonds. The van der Waals surface area contributed by atoms with Crippen LogP contribution in [0.5, 0.6) is 0 Å². The first-order chi connectivity index (χ1) is 15.0. The van der Waals surface area contributed by atoms with E-state index < -0.39 is 30.9 Å². The standard InChI is InChI=1S/C24H22N2O5/c27-21-14-19-8-4-5-9-20(19)24(30)26(21)15-23(29)31-16-22(28)25-12-10-18(11-13-25)17-6-2-1-3-7-17/h1-10H,11-16H2. The Balaban J connectivity index is 1.28. The normalized spacial score (nSPS) is 15.9. The molecule has 0 spiro atoms. The Hall–Kier alpha value is -3.74. The molecular weight excluding hydrogens is 396 g/mol. The van der Waals surface area contributed by atoms with Crippen LogP contribution in [0.2, 0.25) is 0 Å². The fourth-order valence-electron chi connectivity index (χ4n) is 3.78. The van der Waals surface area contributed by atoms with E-state index in [4.69, 9.17) is 4.74 Å². The van der Waals surface area contributed by atoms with Crippen molar-refractivity contribution in [3.8, 4) is 0 Å². The van der Waals surface area contributed by atoms with Crippen molar-refractivity contribution in [1.82, 2.24) is 9.80 Å². The van der Waals surface area contributed by atoms with Gasteiger partial charge in [-0.1, -0.05) is 54.6 Å². The van der Waals surface area contributed by atoms with Gasteiger partial charge in [0.25, 0.3) is 11.8 Å². The summed E-state index contributed by atoms with van der Waals surface area (Å²) in [6, 6.07) is 16.8. The highest BCUT2D eigenvalue weighted by Crippen LogP contribution is 2.22. The van der Waals surface area contributed by atoms with E-state index in [2.05, 4.69) is 0 Å². The van der Waals surface area contributed by atoms with Gasteiger partial charge in [-0.25, -0.2) is 0 Å². The van der Waals surface area contributed by atoms with Crippen LogP contribution >= 0.6 is 0 Å². The number of esters is 1. The molecule has 0 unspecified atom stereocenters. The second-order valence-electron chi connectivity index (χ2n) is 7.46. The summed E-state index contributed by atoms with van der Waals surface area (Å²) in [4.78, 5) is 51.9. The summed E-state index contributed by atoms with van der Waals surface area (Å²) in [6.07, 6.45) is 2.78. The zero-order chi connectivity index (χ0) is 21.8. The third-order valence-corrected chi connectivity index (χ3v) is 5.49. The zero-order valence-corrected chi connectivity index (χ0v) is 17.0. The van der Waals surface area contributed by atoms with Gasteiger partial charge in [-0.15, -0.1) is 0 Å². The van der Waals surface area contributed by atoms with E-state index in [0.29, 0.717) is 24.2 Å². The first-order valence-electron chi connectivity index (χ1n) is 10.1. The maximum atomic E-state index is 12.5. The molecule has 2 aromatic carbocycles. The van der Waals surface area contributed by atoms with Crippen LogP contribution in [-0.4, -0.2) is 59.7 Å². The minimum absolute atomic E-state index is 0.0536. The molecule has 0 saturated carbocycles. The summed E-state index contributed by atoms with van der Waals surface area (Å²) >= 11 is 0. The fraction of sp³-hybridized carbons (Fsp3) is 0.250. The van der Waals surface area contributed by atoms with Gasteiger partial charge in [0.15, 0.2) is 6.61 Å². The lowest BCUT2D eigenvalue weighted by Gasteiger charge is -2.27. The Morgan fingerprint density at radius 3 is 2.45 bits per heavy atom. The summed E-state index contributed by atoms with van der Waals surface area (Å²) < 4.78 is 5.06. The average Bonchev–Trinajstić information content (AvgIpc) is 2.81. The minimum atomic E-state index is -0.785. The molecule has 0 aliphatic carbocycles. The number of fused-ring (bicyclic) bond motifs is 1. The van der Waals surface area contributed by atoms with Gasteiger partial charge in [0.05, 0.1) is 6.42 Å². The Labute approximate surface area is 179 Å². The quantitative estimate of drug-likeness (QED) is 0.548. The second-order valence-corrected chi connectivity index (χ2v) is 7.46. The highest BCUT2D eigenvalue weighted by atomic mass is 16.5. The summed E-state index contributed by atoms with van der Waals surface area (Å²) in [7, 11) is 0. The van der Waals surface area contributed by atoms with Gasteiger partial charge in [-0.05, 0) is 29.2 Å². The number of benzene rings is 2. The van der Waals surface area contributed by atoms with Crippen LogP contribution < -0.4 is 0 Å². The summed E-state index contributed by atoms with van der Waals surface area (Å²) in [6.45, 7) is 0.0645. The van der Waals surface area contributed by atoms with Gasteiger partial charge in [0, 0.05) is 18.7 Å². The van der Waals surface area contributed by atoms with Crippen LogP contribution in [-0.2, 0) is 25.5 Å². The van der Waals surface area contributed by atoms with Crippen molar-refractivity contribution in [2.75, 3.05) is 26.2 Å². The molecule has 158 valence electrons. The van der Waals surface area contributed by atoms with Crippen molar-refractivity contribution < 1.29 is 23.9 Å². The van der Waals surface area contributed by atoms with E-state index in [-0.39, 0.29) is 12.3 Å². The topological polar surface area (TPSA) is 84.0 Å². The Kier molecular flexibility index (Phi) is 5.93. The molecule has 4 rings (SSSR count).